The summed E-state index contributed by atoms with van der Waals surface area (Å²) in [5.41, 5.74) is 0.926. The van der Waals surface area contributed by atoms with Crippen LogP contribution < -0.4 is 5.46 Å². The standard InChI is InChI=1S/C7H6BClO3/c9-12-8(11)7-3-1-2-6(4-7)5-10/h1-5,11H. The van der Waals surface area contributed by atoms with Crippen LogP contribution in [0.25, 0.3) is 0 Å². The fourth-order valence-electron chi connectivity index (χ4n) is 0.837. The number of hydrogen-bond acceptors (Lipinski definition) is 3. The summed E-state index contributed by atoms with van der Waals surface area (Å²) in [6.07, 6.45) is 0.685. The Morgan fingerprint density at radius 3 is 2.92 bits per heavy atom. The van der Waals surface area contributed by atoms with Crippen molar-refractivity contribution < 1.29 is 14.0 Å². The Labute approximate surface area is 75.2 Å². The smallest absolute Gasteiger partial charge is 0.422 e. The van der Waals surface area contributed by atoms with Crippen molar-refractivity contribution in [2.45, 2.75) is 0 Å². The molecule has 1 aromatic rings. The topological polar surface area (TPSA) is 46.5 Å². The highest BCUT2D eigenvalue weighted by Gasteiger charge is 2.15. The highest BCUT2D eigenvalue weighted by molar-refractivity contribution is 6.63. The second-order valence-electron chi connectivity index (χ2n) is 2.23. The summed E-state index contributed by atoms with van der Waals surface area (Å²) in [5, 5.41) is 9.08. The summed E-state index contributed by atoms with van der Waals surface area (Å²) < 4.78 is 4.15. The largest absolute Gasteiger partial charge is 0.508 e. The number of rotatable bonds is 3. The molecule has 0 saturated carbocycles. The number of carbonyl (C=O) groups is 1. The van der Waals surface area contributed by atoms with Crippen molar-refractivity contribution in [2.75, 3.05) is 0 Å². The molecule has 0 radical (unpaired) electrons. The highest BCUT2D eigenvalue weighted by Crippen LogP contribution is 1.95. The van der Waals surface area contributed by atoms with Gasteiger partial charge in [-0.3, -0.25) is 4.79 Å². The minimum Gasteiger partial charge on any atom is -0.422 e. The van der Waals surface area contributed by atoms with E-state index in [2.05, 4.69) is 4.21 Å². The average molecular weight is 184 g/mol. The third-order valence-electron chi connectivity index (χ3n) is 1.42. The van der Waals surface area contributed by atoms with Gasteiger partial charge < -0.3 is 9.23 Å². The van der Waals surface area contributed by atoms with Crippen molar-refractivity contribution in [1.29, 1.82) is 0 Å². The quantitative estimate of drug-likeness (QED) is 0.545. The molecule has 12 heavy (non-hydrogen) atoms. The van der Waals surface area contributed by atoms with E-state index >= 15 is 0 Å². The first-order chi connectivity index (χ1) is 5.77. The first-order valence-corrected chi connectivity index (χ1v) is 3.59. The SMILES string of the molecule is O=Cc1cccc(B(O)OCl)c1. The van der Waals surface area contributed by atoms with E-state index < -0.39 is 7.12 Å². The lowest BCUT2D eigenvalue weighted by Crippen LogP contribution is -2.30. The van der Waals surface area contributed by atoms with Crippen LogP contribution in [-0.2, 0) is 4.21 Å². The maximum atomic E-state index is 10.3. The van der Waals surface area contributed by atoms with Gasteiger partial charge in [0.15, 0.2) is 0 Å². The lowest BCUT2D eigenvalue weighted by Gasteiger charge is -2.00. The van der Waals surface area contributed by atoms with Crippen molar-refractivity contribution in [3.05, 3.63) is 29.8 Å². The monoisotopic (exact) mass is 184 g/mol. The second kappa shape index (κ2) is 4.26. The molecule has 5 heteroatoms. The summed E-state index contributed by atoms with van der Waals surface area (Å²) in [4.78, 5) is 10.3. The van der Waals surface area contributed by atoms with Crippen molar-refractivity contribution in [3.63, 3.8) is 0 Å². The normalized spacial score (nSPS) is 9.50. The Balaban J connectivity index is 2.93. The molecule has 1 N–H and O–H groups in total. The Kier molecular flexibility index (Phi) is 3.28. The summed E-state index contributed by atoms with van der Waals surface area (Å²) in [6, 6.07) is 6.37. The zero-order valence-corrected chi connectivity index (χ0v) is 6.86. The van der Waals surface area contributed by atoms with E-state index in [0.29, 0.717) is 17.3 Å². The summed E-state index contributed by atoms with van der Waals surface area (Å²) in [7, 11) is -1.19. The second-order valence-corrected chi connectivity index (χ2v) is 2.41. The van der Waals surface area contributed by atoms with Gasteiger partial charge in [-0.1, -0.05) is 24.3 Å². The first-order valence-electron chi connectivity index (χ1n) is 3.28. The minimum absolute atomic E-state index is 0.453. The van der Waals surface area contributed by atoms with Crippen LogP contribution in [0.1, 0.15) is 10.4 Å². The zero-order chi connectivity index (χ0) is 8.97. The molecule has 0 unspecified atom stereocenters. The molecule has 3 nitrogen and oxygen atoms in total. The number of carbonyl (C=O) groups excluding carboxylic acids is 1. The van der Waals surface area contributed by atoms with Gasteiger partial charge in [-0.05, 0) is 5.46 Å². The van der Waals surface area contributed by atoms with Gasteiger partial charge >= 0.3 is 7.12 Å². The summed E-state index contributed by atoms with van der Waals surface area (Å²) >= 11 is 4.94. The van der Waals surface area contributed by atoms with E-state index in [0.717, 1.165) is 0 Å². The fraction of sp³-hybridized carbons (Fsp3) is 0. The van der Waals surface area contributed by atoms with Crippen molar-refractivity contribution in [2.24, 2.45) is 0 Å². The van der Waals surface area contributed by atoms with Crippen LogP contribution in [0, 0.1) is 0 Å². The fourth-order valence-corrected chi connectivity index (χ4v) is 0.940. The molecule has 0 heterocycles. The maximum Gasteiger partial charge on any atom is 0.508 e. The number of benzene rings is 1. The maximum absolute atomic E-state index is 10.3. The molecule has 0 saturated heterocycles. The van der Waals surface area contributed by atoms with Gasteiger partial charge in [0.2, 0.25) is 0 Å². The number of hydrogen-bond donors (Lipinski definition) is 1. The van der Waals surface area contributed by atoms with Gasteiger partial charge in [-0.15, -0.1) is 0 Å². The number of halogens is 1. The molecule has 1 rings (SSSR count). The van der Waals surface area contributed by atoms with E-state index in [9.17, 15) is 4.79 Å². The Morgan fingerprint density at radius 2 is 2.33 bits per heavy atom. The van der Waals surface area contributed by atoms with Crippen LogP contribution >= 0.6 is 11.9 Å². The van der Waals surface area contributed by atoms with E-state index in [1.165, 1.54) is 6.07 Å². The number of aldehydes is 1. The molecule has 0 amide bonds. The zero-order valence-electron chi connectivity index (χ0n) is 6.11. The molecular formula is C7H6BClO3. The van der Waals surface area contributed by atoms with Crippen molar-refractivity contribution >= 4 is 30.7 Å². The van der Waals surface area contributed by atoms with Crippen molar-refractivity contribution in [1.82, 2.24) is 0 Å². The predicted octanol–water partition coefficient (Wildman–Crippen LogP) is 0.357. The average Bonchev–Trinajstić information content (AvgIpc) is 2.17. The minimum atomic E-state index is -1.19. The molecule has 0 aliphatic heterocycles. The third kappa shape index (κ3) is 2.07. The van der Waals surface area contributed by atoms with Gasteiger partial charge in [0.05, 0.1) is 0 Å². The molecule has 0 atom stereocenters. The molecule has 62 valence electrons. The molecule has 0 aromatic heterocycles. The van der Waals surface area contributed by atoms with E-state index in [1.54, 1.807) is 18.2 Å². The highest BCUT2D eigenvalue weighted by atomic mass is 35.5. The predicted molar refractivity (Wildman–Crippen MR) is 46.4 cm³/mol. The summed E-state index contributed by atoms with van der Waals surface area (Å²) in [5.74, 6) is 0. The van der Waals surface area contributed by atoms with Crippen LogP contribution in [0.3, 0.4) is 0 Å². The van der Waals surface area contributed by atoms with Crippen LogP contribution in [0.2, 0.25) is 0 Å². The molecule has 0 fully saturated rings. The Bertz CT molecular complexity index is 279. The van der Waals surface area contributed by atoms with Crippen LogP contribution in [-0.4, -0.2) is 18.4 Å². The van der Waals surface area contributed by atoms with Gasteiger partial charge in [0.1, 0.15) is 6.29 Å². The van der Waals surface area contributed by atoms with Crippen LogP contribution in [0.4, 0.5) is 0 Å². The summed E-state index contributed by atoms with van der Waals surface area (Å²) in [6.45, 7) is 0. The Hall–Kier alpha value is -0.835. The van der Waals surface area contributed by atoms with Gasteiger partial charge in [-0.2, -0.15) is 0 Å². The molecule has 0 aliphatic carbocycles. The molecule has 0 spiro atoms. The van der Waals surface area contributed by atoms with Crippen LogP contribution in [0.5, 0.6) is 0 Å². The van der Waals surface area contributed by atoms with Crippen molar-refractivity contribution in [3.8, 4) is 0 Å². The van der Waals surface area contributed by atoms with Crippen LogP contribution in [0.15, 0.2) is 24.3 Å². The van der Waals surface area contributed by atoms with E-state index in [4.69, 9.17) is 16.9 Å². The molecule has 0 aliphatic rings. The van der Waals surface area contributed by atoms with Gasteiger partial charge in [0.25, 0.3) is 0 Å². The van der Waals surface area contributed by atoms with Gasteiger partial charge in [0, 0.05) is 17.4 Å². The van der Waals surface area contributed by atoms with E-state index in [1.807, 2.05) is 0 Å². The molecule has 0 bridgehead atoms. The lowest BCUT2D eigenvalue weighted by molar-refractivity contribution is 0.112. The van der Waals surface area contributed by atoms with E-state index in [-0.39, 0.29) is 0 Å². The van der Waals surface area contributed by atoms with Gasteiger partial charge in [-0.25, -0.2) is 0 Å². The third-order valence-corrected chi connectivity index (χ3v) is 1.59. The Morgan fingerprint density at radius 1 is 1.58 bits per heavy atom. The molecule has 1 aromatic carbocycles. The lowest BCUT2D eigenvalue weighted by atomic mass is 9.80. The molecular weight excluding hydrogens is 178 g/mol. The first kappa shape index (κ1) is 9.25.